The number of thiazole rings is 1. The third-order valence-corrected chi connectivity index (χ3v) is 4.81. The van der Waals surface area contributed by atoms with E-state index < -0.39 is 0 Å². The number of hydrogen-bond donors (Lipinski definition) is 2. The average Bonchev–Trinajstić information content (AvgIpc) is 3.26. The Morgan fingerprint density at radius 1 is 1.24 bits per heavy atom. The Bertz CT molecular complexity index is 815. The van der Waals surface area contributed by atoms with Crippen LogP contribution in [0.4, 0.5) is 0 Å². The summed E-state index contributed by atoms with van der Waals surface area (Å²) in [5, 5.41) is 7.63. The van der Waals surface area contributed by atoms with Crippen molar-refractivity contribution in [2.45, 2.75) is 26.9 Å². The molecule has 130 valence electrons. The smallest absolute Gasteiger partial charge is 0.191 e. The van der Waals surface area contributed by atoms with Crippen molar-refractivity contribution in [3.8, 4) is 5.82 Å². The number of imidazole rings is 1. The van der Waals surface area contributed by atoms with Crippen molar-refractivity contribution in [3.05, 3.63) is 58.2 Å². The van der Waals surface area contributed by atoms with E-state index in [1.165, 1.54) is 4.88 Å². The SMILES string of the molecule is CN=C(NCc1ccc(-n2ccnc2)nc1)NCc1nc(C)c(C)s1. The molecule has 0 aromatic carbocycles. The summed E-state index contributed by atoms with van der Waals surface area (Å²) < 4.78 is 1.87. The molecule has 0 atom stereocenters. The first kappa shape index (κ1) is 17.1. The zero-order chi connectivity index (χ0) is 17.6. The van der Waals surface area contributed by atoms with Gasteiger partial charge in [-0.05, 0) is 25.5 Å². The number of aryl methyl sites for hydroxylation is 2. The fourth-order valence-electron chi connectivity index (χ4n) is 2.25. The molecule has 3 aromatic rings. The molecule has 0 aliphatic heterocycles. The van der Waals surface area contributed by atoms with E-state index in [4.69, 9.17) is 0 Å². The second kappa shape index (κ2) is 7.89. The molecule has 2 N–H and O–H groups in total. The van der Waals surface area contributed by atoms with Gasteiger partial charge < -0.3 is 10.6 Å². The molecule has 0 saturated heterocycles. The Kier molecular flexibility index (Phi) is 5.39. The molecule has 0 spiro atoms. The zero-order valence-electron chi connectivity index (χ0n) is 14.5. The van der Waals surface area contributed by atoms with Gasteiger partial charge in [-0.3, -0.25) is 9.56 Å². The molecule has 0 bridgehead atoms. The highest BCUT2D eigenvalue weighted by molar-refractivity contribution is 7.11. The molecule has 7 nitrogen and oxygen atoms in total. The van der Waals surface area contributed by atoms with Crippen molar-refractivity contribution in [2.24, 2.45) is 4.99 Å². The van der Waals surface area contributed by atoms with E-state index >= 15 is 0 Å². The fraction of sp³-hybridized carbons (Fsp3) is 0.294. The summed E-state index contributed by atoms with van der Waals surface area (Å²) in [6.45, 7) is 5.43. The Labute approximate surface area is 150 Å². The predicted molar refractivity (Wildman–Crippen MR) is 100.0 cm³/mol. The maximum atomic E-state index is 4.52. The first-order chi connectivity index (χ1) is 12.2. The number of rotatable bonds is 5. The quantitative estimate of drug-likeness (QED) is 0.542. The minimum absolute atomic E-state index is 0.646. The third kappa shape index (κ3) is 4.42. The molecule has 0 aliphatic carbocycles. The van der Waals surface area contributed by atoms with Crippen LogP contribution in [0.25, 0.3) is 5.82 Å². The van der Waals surface area contributed by atoms with Crippen LogP contribution in [0.3, 0.4) is 0 Å². The Hall–Kier alpha value is -2.74. The number of guanidine groups is 1. The lowest BCUT2D eigenvalue weighted by Gasteiger charge is -2.11. The highest BCUT2D eigenvalue weighted by Crippen LogP contribution is 2.15. The molecular weight excluding hydrogens is 334 g/mol. The molecule has 3 heterocycles. The van der Waals surface area contributed by atoms with Crippen LogP contribution in [0.2, 0.25) is 0 Å². The van der Waals surface area contributed by atoms with E-state index in [9.17, 15) is 0 Å². The molecule has 3 rings (SSSR count). The minimum Gasteiger partial charge on any atom is -0.352 e. The summed E-state index contributed by atoms with van der Waals surface area (Å²) in [7, 11) is 1.76. The van der Waals surface area contributed by atoms with Crippen LogP contribution in [-0.4, -0.2) is 32.5 Å². The number of pyridine rings is 1. The average molecular weight is 355 g/mol. The van der Waals surface area contributed by atoms with Crippen molar-refractivity contribution >= 4 is 17.3 Å². The standard InChI is InChI=1S/C17H21N7S/c1-12-13(2)25-16(23-12)10-22-17(18-3)21-9-14-4-5-15(20-8-14)24-7-6-19-11-24/h4-8,11H,9-10H2,1-3H3,(H2,18,21,22). The maximum Gasteiger partial charge on any atom is 0.191 e. The van der Waals surface area contributed by atoms with Gasteiger partial charge >= 0.3 is 0 Å². The first-order valence-corrected chi connectivity index (χ1v) is 8.78. The molecule has 25 heavy (non-hydrogen) atoms. The van der Waals surface area contributed by atoms with Crippen LogP contribution < -0.4 is 10.6 Å². The van der Waals surface area contributed by atoms with Crippen molar-refractivity contribution in [3.63, 3.8) is 0 Å². The van der Waals surface area contributed by atoms with E-state index in [1.54, 1.807) is 30.9 Å². The highest BCUT2D eigenvalue weighted by atomic mass is 32.1. The van der Waals surface area contributed by atoms with Crippen molar-refractivity contribution in [1.29, 1.82) is 0 Å². The summed E-state index contributed by atoms with van der Waals surface area (Å²) >= 11 is 1.71. The molecule has 3 aromatic heterocycles. The Balaban J connectivity index is 1.52. The van der Waals surface area contributed by atoms with Crippen LogP contribution in [-0.2, 0) is 13.1 Å². The van der Waals surface area contributed by atoms with Crippen molar-refractivity contribution < 1.29 is 0 Å². The number of hydrogen-bond acceptors (Lipinski definition) is 5. The normalized spacial score (nSPS) is 11.6. The molecule has 8 heteroatoms. The second-order valence-electron chi connectivity index (χ2n) is 5.52. The number of aromatic nitrogens is 4. The van der Waals surface area contributed by atoms with Gasteiger partial charge in [-0.2, -0.15) is 0 Å². The molecule has 0 saturated carbocycles. The van der Waals surface area contributed by atoms with Gasteiger partial charge in [0.1, 0.15) is 17.2 Å². The lowest BCUT2D eigenvalue weighted by atomic mass is 10.3. The summed E-state index contributed by atoms with van der Waals surface area (Å²) in [5.41, 5.74) is 2.17. The lowest BCUT2D eigenvalue weighted by molar-refractivity contribution is 0.800. The summed E-state index contributed by atoms with van der Waals surface area (Å²) in [5.74, 6) is 1.59. The van der Waals surface area contributed by atoms with Gasteiger partial charge in [-0.25, -0.2) is 15.0 Å². The highest BCUT2D eigenvalue weighted by Gasteiger charge is 2.05. The predicted octanol–water partition coefficient (Wildman–Crippen LogP) is 2.21. The van der Waals surface area contributed by atoms with E-state index in [0.717, 1.165) is 28.0 Å². The Morgan fingerprint density at radius 3 is 2.68 bits per heavy atom. The van der Waals surface area contributed by atoms with Gasteiger partial charge in [-0.1, -0.05) is 6.07 Å². The fourth-order valence-corrected chi connectivity index (χ4v) is 3.12. The van der Waals surface area contributed by atoms with Gasteiger partial charge in [-0.15, -0.1) is 11.3 Å². The van der Waals surface area contributed by atoms with Crippen LogP contribution in [0, 0.1) is 13.8 Å². The van der Waals surface area contributed by atoms with Crippen molar-refractivity contribution in [2.75, 3.05) is 7.05 Å². The maximum absolute atomic E-state index is 4.52. The van der Waals surface area contributed by atoms with Gasteiger partial charge in [0, 0.05) is 37.1 Å². The van der Waals surface area contributed by atoms with Crippen LogP contribution in [0.5, 0.6) is 0 Å². The van der Waals surface area contributed by atoms with E-state index in [0.29, 0.717) is 13.1 Å². The number of nitrogens with zero attached hydrogens (tertiary/aromatic N) is 5. The number of aliphatic imine (C=N–C) groups is 1. The molecule has 0 fully saturated rings. The summed E-state index contributed by atoms with van der Waals surface area (Å²) in [6, 6.07) is 4.01. The minimum atomic E-state index is 0.646. The lowest BCUT2D eigenvalue weighted by Crippen LogP contribution is -2.36. The van der Waals surface area contributed by atoms with Gasteiger partial charge in [0.15, 0.2) is 5.96 Å². The van der Waals surface area contributed by atoms with E-state index in [1.807, 2.05) is 36.0 Å². The van der Waals surface area contributed by atoms with E-state index in [-0.39, 0.29) is 0 Å². The second-order valence-corrected chi connectivity index (χ2v) is 6.81. The summed E-state index contributed by atoms with van der Waals surface area (Å²) in [6.07, 6.45) is 7.18. The molecule has 0 unspecified atom stereocenters. The van der Waals surface area contributed by atoms with E-state index in [2.05, 4.69) is 37.5 Å². The van der Waals surface area contributed by atoms with Crippen LogP contribution in [0.15, 0.2) is 42.0 Å². The Morgan fingerprint density at radius 2 is 2.08 bits per heavy atom. The molecule has 0 radical (unpaired) electrons. The largest absolute Gasteiger partial charge is 0.352 e. The van der Waals surface area contributed by atoms with Gasteiger partial charge in [0.2, 0.25) is 0 Å². The topological polar surface area (TPSA) is 80.0 Å². The molecular formula is C17H21N7S. The number of nitrogens with one attached hydrogen (secondary N) is 2. The molecule has 0 amide bonds. The van der Waals surface area contributed by atoms with Gasteiger partial charge in [0.05, 0.1) is 12.2 Å². The zero-order valence-corrected chi connectivity index (χ0v) is 15.3. The van der Waals surface area contributed by atoms with Crippen LogP contribution >= 0.6 is 11.3 Å². The third-order valence-electron chi connectivity index (χ3n) is 3.74. The summed E-state index contributed by atoms with van der Waals surface area (Å²) in [4.78, 5) is 18.5. The molecule has 0 aliphatic rings. The monoisotopic (exact) mass is 355 g/mol. The van der Waals surface area contributed by atoms with Gasteiger partial charge in [0.25, 0.3) is 0 Å². The van der Waals surface area contributed by atoms with Crippen LogP contribution in [0.1, 0.15) is 21.1 Å². The first-order valence-electron chi connectivity index (χ1n) is 7.96. The van der Waals surface area contributed by atoms with Crippen molar-refractivity contribution in [1.82, 2.24) is 30.2 Å².